The summed E-state index contributed by atoms with van der Waals surface area (Å²) < 4.78 is 7.83. The van der Waals surface area contributed by atoms with Crippen LogP contribution in [0.2, 0.25) is 25.7 Å². The van der Waals surface area contributed by atoms with Gasteiger partial charge in [-0.25, -0.2) is 10.1 Å². The molecule has 0 aliphatic heterocycles. The Balaban J connectivity index is 1.84. The lowest BCUT2D eigenvalue weighted by Crippen LogP contribution is -2.22. The largest absolute Gasteiger partial charge is 0.362 e. The van der Waals surface area contributed by atoms with E-state index in [2.05, 4.69) is 39.7 Å². The second kappa shape index (κ2) is 6.59. The molecule has 0 atom stereocenters. The molecule has 3 rings (SSSR count). The van der Waals surface area contributed by atoms with Crippen LogP contribution >= 0.6 is 0 Å². The first-order chi connectivity index (χ1) is 11.5. The van der Waals surface area contributed by atoms with Crippen LogP contribution in [0.5, 0.6) is 0 Å². The van der Waals surface area contributed by atoms with E-state index in [1.807, 2.05) is 22.9 Å². The lowest BCUT2D eigenvalue weighted by Gasteiger charge is -2.15. The first kappa shape index (κ1) is 16.4. The van der Waals surface area contributed by atoms with E-state index in [4.69, 9.17) is 11.3 Å². The van der Waals surface area contributed by atoms with E-state index in [1.165, 1.54) is 0 Å². The van der Waals surface area contributed by atoms with Crippen molar-refractivity contribution < 1.29 is 4.74 Å². The Labute approximate surface area is 142 Å². The molecular formula is C17H21N5OSi. The molecule has 0 aliphatic rings. The maximum Gasteiger partial charge on any atom is 0.257 e. The third-order valence-electron chi connectivity index (χ3n) is 3.91. The van der Waals surface area contributed by atoms with E-state index >= 15 is 0 Å². The number of ether oxygens (including phenoxy) is 1. The van der Waals surface area contributed by atoms with Gasteiger partial charge in [0, 0.05) is 38.0 Å². The van der Waals surface area contributed by atoms with Crippen molar-refractivity contribution in [1.82, 2.24) is 19.7 Å². The second-order valence-corrected chi connectivity index (χ2v) is 12.6. The van der Waals surface area contributed by atoms with E-state index in [9.17, 15) is 0 Å². The Bertz CT molecular complexity index is 884. The zero-order valence-corrected chi connectivity index (χ0v) is 15.2. The molecule has 0 radical (unpaired) electrons. The first-order valence-electron chi connectivity index (χ1n) is 7.92. The molecule has 3 heterocycles. The van der Waals surface area contributed by atoms with Crippen LogP contribution in [0.25, 0.3) is 27.0 Å². The molecule has 0 saturated carbocycles. The van der Waals surface area contributed by atoms with Crippen LogP contribution in [-0.4, -0.2) is 34.4 Å². The molecule has 0 amide bonds. The van der Waals surface area contributed by atoms with Gasteiger partial charge in [-0.05, 0) is 23.7 Å². The minimum Gasteiger partial charge on any atom is -0.362 e. The standard InChI is InChI=1S/C17H21N5OSi/c1-18-16-15(11-20-21-16)13-5-7-19-17-14(13)6-8-22(17)12-23-9-10-24(2,3)4/h5-8,11H,9-10,12H2,2-4H3,(H,20,21). The third-order valence-corrected chi connectivity index (χ3v) is 5.61. The summed E-state index contributed by atoms with van der Waals surface area (Å²) in [6.45, 7) is 15.5. The number of aromatic nitrogens is 4. The summed E-state index contributed by atoms with van der Waals surface area (Å²) >= 11 is 0. The smallest absolute Gasteiger partial charge is 0.257 e. The molecule has 0 saturated heterocycles. The lowest BCUT2D eigenvalue weighted by atomic mass is 10.1. The van der Waals surface area contributed by atoms with Gasteiger partial charge in [-0.15, -0.1) is 5.10 Å². The van der Waals surface area contributed by atoms with E-state index in [-0.39, 0.29) is 0 Å². The SMILES string of the molecule is [C-]#[N+]c1[nH]ncc1-c1ccnc2c1ccn2COCC[Si](C)(C)C. The number of nitrogens with zero attached hydrogens (tertiary/aromatic N) is 4. The van der Waals surface area contributed by atoms with Crippen LogP contribution in [0.1, 0.15) is 0 Å². The van der Waals surface area contributed by atoms with E-state index in [0.29, 0.717) is 12.5 Å². The van der Waals surface area contributed by atoms with Crippen molar-refractivity contribution in [3.05, 3.63) is 42.1 Å². The van der Waals surface area contributed by atoms with Gasteiger partial charge in [0.15, 0.2) is 0 Å². The summed E-state index contributed by atoms with van der Waals surface area (Å²) in [5.74, 6) is 0.446. The summed E-state index contributed by atoms with van der Waals surface area (Å²) in [4.78, 5) is 7.97. The van der Waals surface area contributed by atoms with Gasteiger partial charge in [-0.2, -0.15) is 0 Å². The molecule has 0 bridgehead atoms. The highest BCUT2D eigenvalue weighted by Gasteiger charge is 2.14. The normalized spacial score (nSPS) is 11.8. The molecule has 7 heteroatoms. The molecular weight excluding hydrogens is 318 g/mol. The number of rotatable bonds is 6. The number of nitrogens with one attached hydrogen (secondary N) is 1. The highest BCUT2D eigenvalue weighted by Crippen LogP contribution is 2.33. The van der Waals surface area contributed by atoms with Crippen molar-refractivity contribution in [3.63, 3.8) is 0 Å². The fourth-order valence-electron chi connectivity index (χ4n) is 2.53. The quantitative estimate of drug-likeness (QED) is 0.414. The average Bonchev–Trinajstić information content (AvgIpc) is 3.17. The molecule has 6 nitrogen and oxygen atoms in total. The summed E-state index contributed by atoms with van der Waals surface area (Å²) in [6, 6.07) is 5.08. The van der Waals surface area contributed by atoms with Gasteiger partial charge in [-0.3, -0.25) is 0 Å². The van der Waals surface area contributed by atoms with Crippen molar-refractivity contribution in [2.75, 3.05) is 6.61 Å². The van der Waals surface area contributed by atoms with E-state index in [0.717, 1.165) is 34.8 Å². The van der Waals surface area contributed by atoms with Crippen LogP contribution < -0.4 is 0 Å². The van der Waals surface area contributed by atoms with Gasteiger partial charge >= 0.3 is 0 Å². The number of H-pyrrole nitrogens is 1. The van der Waals surface area contributed by atoms with E-state index in [1.54, 1.807) is 12.4 Å². The number of hydrogen-bond acceptors (Lipinski definition) is 3. The first-order valence-corrected chi connectivity index (χ1v) is 11.6. The molecule has 0 aliphatic carbocycles. The van der Waals surface area contributed by atoms with Gasteiger partial charge in [0.05, 0.1) is 6.20 Å². The maximum absolute atomic E-state index is 7.24. The maximum atomic E-state index is 7.24. The molecule has 0 spiro atoms. The number of pyridine rings is 1. The van der Waals surface area contributed by atoms with Gasteiger partial charge in [0.25, 0.3) is 5.82 Å². The summed E-state index contributed by atoms with van der Waals surface area (Å²) in [7, 11) is -1.08. The van der Waals surface area contributed by atoms with Gasteiger partial charge in [0.2, 0.25) is 0 Å². The van der Waals surface area contributed by atoms with Crippen LogP contribution in [0.4, 0.5) is 5.82 Å². The molecule has 3 aromatic heterocycles. The number of fused-ring (bicyclic) bond motifs is 1. The van der Waals surface area contributed by atoms with Crippen molar-refractivity contribution in [3.8, 4) is 11.1 Å². The Morgan fingerprint density at radius 1 is 1.29 bits per heavy atom. The minimum atomic E-state index is -1.08. The topological polar surface area (TPSA) is 60.1 Å². The van der Waals surface area contributed by atoms with Gasteiger partial charge in [-0.1, -0.05) is 26.2 Å². The highest BCUT2D eigenvalue weighted by atomic mass is 28.3. The summed E-state index contributed by atoms with van der Waals surface area (Å²) in [6.07, 6.45) is 5.42. The molecule has 0 aromatic carbocycles. The zero-order chi connectivity index (χ0) is 17.2. The highest BCUT2D eigenvalue weighted by molar-refractivity contribution is 6.76. The monoisotopic (exact) mass is 339 g/mol. The van der Waals surface area contributed by atoms with Crippen molar-refractivity contribution in [1.29, 1.82) is 0 Å². The number of aromatic amines is 1. The Kier molecular flexibility index (Phi) is 4.51. The predicted molar refractivity (Wildman–Crippen MR) is 97.7 cm³/mol. The van der Waals surface area contributed by atoms with Crippen LogP contribution in [-0.2, 0) is 11.5 Å². The van der Waals surface area contributed by atoms with Crippen LogP contribution in [0.15, 0.2) is 30.7 Å². The summed E-state index contributed by atoms with van der Waals surface area (Å²) in [5.41, 5.74) is 2.62. The van der Waals surface area contributed by atoms with E-state index < -0.39 is 8.07 Å². The molecule has 124 valence electrons. The number of hydrogen-bond donors (Lipinski definition) is 1. The minimum absolute atomic E-state index is 0.446. The van der Waals surface area contributed by atoms with Crippen molar-refractivity contribution in [2.45, 2.75) is 32.4 Å². The Morgan fingerprint density at radius 2 is 2.12 bits per heavy atom. The second-order valence-electron chi connectivity index (χ2n) is 6.97. The fourth-order valence-corrected chi connectivity index (χ4v) is 3.29. The zero-order valence-electron chi connectivity index (χ0n) is 14.2. The Hall–Kier alpha value is -2.43. The fraction of sp³-hybridized carbons (Fsp3) is 0.353. The Morgan fingerprint density at radius 3 is 2.88 bits per heavy atom. The third kappa shape index (κ3) is 3.40. The molecule has 24 heavy (non-hydrogen) atoms. The molecule has 0 fully saturated rings. The predicted octanol–water partition coefficient (Wildman–Crippen LogP) is 4.29. The van der Waals surface area contributed by atoms with Crippen molar-refractivity contribution >= 4 is 24.9 Å². The average molecular weight is 339 g/mol. The van der Waals surface area contributed by atoms with Gasteiger partial charge < -0.3 is 14.1 Å². The molecule has 3 aromatic rings. The summed E-state index contributed by atoms with van der Waals surface area (Å²) in [5, 5.41) is 7.71. The molecule has 1 N–H and O–H groups in total. The molecule has 0 unspecified atom stereocenters. The lowest BCUT2D eigenvalue weighted by molar-refractivity contribution is 0.0899. The van der Waals surface area contributed by atoms with Crippen molar-refractivity contribution in [2.24, 2.45) is 0 Å². The van der Waals surface area contributed by atoms with Gasteiger partial charge in [0.1, 0.15) is 12.4 Å². The van der Waals surface area contributed by atoms with Crippen LogP contribution in [0, 0.1) is 6.57 Å². The van der Waals surface area contributed by atoms with Crippen LogP contribution in [0.3, 0.4) is 0 Å².